The van der Waals surface area contributed by atoms with Crippen molar-refractivity contribution in [1.29, 1.82) is 0 Å². The average Bonchev–Trinajstić information content (AvgIpc) is 2.66. The van der Waals surface area contributed by atoms with Crippen molar-refractivity contribution in [2.75, 3.05) is 0 Å². The van der Waals surface area contributed by atoms with Crippen molar-refractivity contribution in [3.05, 3.63) is 46.7 Å². The van der Waals surface area contributed by atoms with Gasteiger partial charge in [-0.1, -0.05) is 12.1 Å². The van der Waals surface area contributed by atoms with Crippen LogP contribution in [0.15, 0.2) is 22.6 Å². The highest BCUT2D eigenvalue weighted by Gasteiger charge is 2.12. The summed E-state index contributed by atoms with van der Waals surface area (Å²) in [6.07, 6.45) is 2.95. The topological polar surface area (TPSA) is 13.1 Å². The van der Waals surface area contributed by atoms with Crippen molar-refractivity contribution >= 4 is 21.7 Å². The lowest BCUT2D eigenvalue weighted by Crippen LogP contribution is -1.88. The van der Waals surface area contributed by atoms with Crippen LogP contribution in [-0.2, 0) is 0 Å². The molecule has 1 radical (unpaired) electrons. The number of hydrogen-bond donors (Lipinski definition) is 0. The van der Waals surface area contributed by atoms with Gasteiger partial charge in [-0.05, 0) is 61.2 Å². The average molecular weight is 223 g/mol. The fraction of sp³-hybridized carbons (Fsp3) is 0.250. The quantitative estimate of drug-likeness (QED) is 0.542. The lowest BCUT2D eigenvalue weighted by molar-refractivity contribution is 0.603. The Hall–Kier alpha value is -1.76. The van der Waals surface area contributed by atoms with E-state index in [2.05, 4.69) is 52.2 Å². The summed E-state index contributed by atoms with van der Waals surface area (Å²) in [7, 11) is 0. The van der Waals surface area contributed by atoms with Gasteiger partial charge in [-0.3, -0.25) is 0 Å². The Morgan fingerprint density at radius 1 is 0.941 bits per heavy atom. The summed E-state index contributed by atoms with van der Waals surface area (Å²) >= 11 is 0. The minimum Gasteiger partial charge on any atom is -0.452 e. The molecule has 0 saturated heterocycles. The third-order valence-electron chi connectivity index (χ3n) is 3.74. The van der Waals surface area contributed by atoms with E-state index < -0.39 is 0 Å². The van der Waals surface area contributed by atoms with Crippen molar-refractivity contribution in [1.82, 2.24) is 0 Å². The van der Waals surface area contributed by atoms with Crippen molar-refractivity contribution in [2.45, 2.75) is 27.7 Å². The first-order chi connectivity index (χ1) is 8.09. The van der Waals surface area contributed by atoms with Crippen LogP contribution in [0, 0.1) is 34.0 Å². The molecular weight excluding hydrogens is 208 g/mol. The number of benzene rings is 2. The Labute approximate surface area is 101 Å². The van der Waals surface area contributed by atoms with Gasteiger partial charge in [0.05, 0.1) is 0 Å². The zero-order valence-electron chi connectivity index (χ0n) is 10.6. The van der Waals surface area contributed by atoms with Gasteiger partial charge in [0, 0.05) is 10.9 Å². The Kier molecular flexibility index (Phi) is 2.06. The molecule has 0 N–H and O–H groups in total. The van der Waals surface area contributed by atoms with Crippen molar-refractivity contribution in [2.24, 2.45) is 0 Å². The van der Waals surface area contributed by atoms with Gasteiger partial charge in [0.15, 0.2) is 6.26 Å². The van der Waals surface area contributed by atoms with E-state index in [1.165, 1.54) is 32.8 Å². The molecule has 1 nitrogen and oxygen atoms in total. The van der Waals surface area contributed by atoms with Gasteiger partial charge in [-0.25, -0.2) is 0 Å². The summed E-state index contributed by atoms with van der Waals surface area (Å²) in [6.45, 7) is 8.58. The monoisotopic (exact) mass is 223 g/mol. The SMILES string of the molecule is Cc1ccc2cc3o[c]c(C)c3c(C)c2c1C. The van der Waals surface area contributed by atoms with Gasteiger partial charge in [0.25, 0.3) is 0 Å². The number of aryl methyl sites for hydroxylation is 4. The second kappa shape index (κ2) is 3.36. The van der Waals surface area contributed by atoms with Gasteiger partial charge in [0.2, 0.25) is 0 Å². The van der Waals surface area contributed by atoms with E-state index in [-0.39, 0.29) is 0 Å². The Morgan fingerprint density at radius 3 is 2.47 bits per heavy atom. The summed E-state index contributed by atoms with van der Waals surface area (Å²) in [5.41, 5.74) is 6.05. The molecule has 0 aliphatic heterocycles. The van der Waals surface area contributed by atoms with Crippen LogP contribution in [0.2, 0.25) is 0 Å². The maximum atomic E-state index is 5.48. The molecule has 1 heterocycles. The van der Waals surface area contributed by atoms with Gasteiger partial charge in [-0.2, -0.15) is 0 Å². The van der Waals surface area contributed by atoms with Crippen LogP contribution < -0.4 is 0 Å². The normalized spacial score (nSPS) is 11.5. The third-order valence-corrected chi connectivity index (χ3v) is 3.74. The predicted molar refractivity (Wildman–Crippen MR) is 71.5 cm³/mol. The number of rotatable bonds is 0. The molecule has 3 rings (SSSR count). The highest BCUT2D eigenvalue weighted by Crippen LogP contribution is 2.33. The third kappa shape index (κ3) is 1.32. The van der Waals surface area contributed by atoms with Gasteiger partial charge in [-0.15, -0.1) is 0 Å². The lowest BCUT2D eigenvalue weighted by atomic mass is 9.94. The predicted octanol–water partition coefficient (Wildman–Crippen LogP) is 4.62. The summed E-state index contributed by atoms with van der Waals surface area (Å²) < 4.78 is 5.48. The highest BCUT2D eigenvalue weighted by molar-refractivity contribution is 6.02. The Bertz CT molecular complexity index is 732. The molecule has 2 aromatic carbocycles. The summed E-state index contributed by atoms with van der Waals surface area (Å²) in [6, 6.07) is 6.46. The van der Waals surface area contributed by atoms with Crippen molar-refractivity contribution < 1.29 is 4.42 Å². The molecule has 17 heavy (non-hydrogen) atoms. The van der Waals surface area contributed by atoms with Gasteiger partial charge in [0.1, 0.15) is 5.58 Å². The van der Waals surface area contributed by atoms with Crippen LogP contribution in [0.4, 0.5) is 0 Å². The molecule has 1 aromatic heterocycles. The Morgan fingerprint density at radius 2 is 1.71 bits per heavy atom. The van der Waals surface area contributed by atoms with E-state index in [1.54, 1.807) is 0 Å². The first-order valence-electron chi connectivity index (χ1n) is 5.90. The fourth-order valence-electron chi connectivity index (χ4n) is 2.71. The van der Waals surface area contributed by atoms with Crippen LogP contribution in [0.3, 0.4) is 0 Å². The van der Waals surface area contributed by atoms with E-state index in [4.69, 9.17) is 4.42 Å². The number of hydrogen-bond acceptors (Lipinski definition) is 1. The molecule has 0 fully saturated rings. The van der Waals surface area contributed by atoms with Gasteiger partial charge < -0.3 is 4.42 Å². The van der Waals surface area contributed by atoms with Crippen LogP contribution >= 0.6 is 0 Å². The molecule has 3 aromatic rings. The van der Waals surface area contributed by atoms with Crippen LogP contribution in [0.25, 0.3) is 21.7 Å². The lowest BCUT2D eigenvalue weighted by Gasteiger charge is -2.10. The second-order valence-corrected chi connectivity index (χ2v) is 4.81. The molecule has 0 saturated carbocycles. The van der Waals surface area contributed by atoms with Gasteiger partial charge >= 0.3 is 0 Å². The van der Waals surface area contributed by atoms with Crippen LogP contribution in [-0.4, -0.2) is 0 Å². The zero-order valence-corrected chi connectivity index (χ0v) is 10.6. The number of furan rings is 1. The minimum absolute atomic E-state index is 0.941. The molecule has 0 atom stereocenters. The maximum absolute atomic E-state index is 5.48. The molecule has 0 aliphatic carbocycles. The highest BCUT2D eigenvalue weighted by atomic mass is 16.3. The van der Waals surface area contributed by atoms with Crippen LogP contribution in [0.1, 0.15) is 22.3 Å². The van der Waals surface area contributed by atoms with Crippen molar-refractivity contribution in [3.63, 3.8) is 0 Å². The van der Waals surface area contributed by atoms with E-state index >= 15 is 0 Å². The molecule has 1 heteroatoms. The summed E-state index contributed by atoms with van der Waals surface area (Å²) in [5, 5.41) is 3.82. The molecule has 0 unspecified atom stereocenters. The molecule has 0 bridgehead atoms. The smallest absolute Gasteiger partial charge is 0.173 e. The largest absolute Gasteiger partial charge is 0.452 e. The van der Waals surface area contributed by atoms with Crippen LogP contribution in [0.5, 0.6) is 0 Å². The molecule has 0 aliphatic rings. The van der Waals surface area contributed by atoms with E-state index in [0.29, 0.717) is 0 Å². The van der Waals surface area contributed by atoms with Crippen molar-refractivity contribution in [3.8, 4) is 0 Å². The van der Waals surface area contributed by atoms with E-state index in [9.17, 15) is 0 Å². The zero-order chi connectivity index (χ0) is 12.2. The standard InChI is InChI=1S/C16H15O/c1-9-5-6-13-7-14-15(10(2)8-17-14)12(4)16(13)11(9)3/h5-7H,1-4H3. The molecule has 0 amide bonds. The minimum atomic E-state index is 0.941. The Balaban J connectivity index is 2.63. The van der Waals surface area contributed by atoms with E-state index in [0.717, 1.165) is 11.1 Å². The van der Waals surface area contributed by atoms with E-state index in [1.807, 2.05) is 0 Å². The molecular formula is C16H15O. The second-order valence-electron chi connectivity index (χ2n) is 4.81. The first kappa shape index (κ1) is 10.4. The molecule has 0 spiro atoms. The molecule has 85 valence electrons. The summed E-state index contributed by atoms with van der Waals surface area (Å²) in [5.74, 6) is 0. The number of fused-ring (bicyclic) bond motifs is 2. The summed E-state index contributed by atoms with van der Waals surface area (Å²) in [4.78, 5) is 0. The maximum Gasteiger partial charge on any atom is 0.173 e. The fourth-order valence-corrected chi connectivity index (χ4v) is 2.71. The first-order valence-corrected chi connectivity index (χ1v) is 5.90.